The minimum absolute atomic E-state index is 0.280. The van der Waals surface area contributed by atoms with Crippen LogP contribution in [0.1, 0.15) is 5.56 Å². The van der Waals surface area contributed by atoms with E-state index in [1.807, 2.05) is 0 Å². The highest BCUT2D eigenvalue weighted by atomic mass is 35.5. The second kappa shape index (κ2) is 7.06. The van der Waals surface area contributed by atoms with Crippen LogP contribution in [-0.2, 0) is 20.4 Å². The van der Waals surface area contributed by atoms with E-state index < -0.39 is 33.1 Å². The van der Waals surface area contributed by atoms with Crippen molar-refractivity contribution in [3.05, 3.63) is 64.7 Å². The summed E-state index contributed by atoms with van der Waals surface area (Å²) in [5.74, 6) is -3.83. The third-order valence-corrected chi connectivity index (χ3v) is 4.58. The zero-order chi connectivity index (χ0) is 17.0. The van der Waals surface area contributed by atoms with Gasteiger partial charge in [0, 0.05) is 11.1 Å². The smallest absolute Gasteiger partial charge is 0.239 e. The minimum Gasteiger partial charge on any atom is -0.323 e. The van der Waals surface area contributed by atoms with Crippen molar-refractivity contribution in [2.45, 2.75) is 5.75 Å². The maximum absolute atomic E-state index is 13.4. The van der Waals surface area contributed by atoms with Crippen LogP contribution in [0.25, 0.3) is 0 Å². The molecule has 4 nitrogen and oxygen atoms in total. The van der Waals surface area contributed by atoms with Crippen molar-refractivity contribution >= 4 is 33.0 Å². The molecule has 1 amide bonds. The quantitative estimate of drug-likeness (QED) is 0.891. The van der Waals surface area contributed by atoms with Gasteiger partial charge in [-0.05, 0) is 29.8 Å². The molecular weight excluding hydrogens is 348 g/mol. The molecule has 0 fully saturated rings. The van der Waals surface area contributed by atoms with Crippen molar-refractivity contribution in [2.24, 2.45) is 0 Å². The maximum atomic E-state index is 13.4. The highest BCUT2D eigenvalue weighted by molar-refractivity contribution is 7.91. The average Bonchev–Trinajstić information content (AvgIpc) is 2.43. The van der Waals surface area contributed by atoms with E-state index in [1.165, 1.54) is 12.1 Å². The molecule has 0 saturated heterocycles. The van der Waals surface area contributed by atoms with Crippen LogP contribution in [-0.4, -0.2) is 20.1 Å². The fourth-order valence-corrected chi connectivity index (χ4v) is 3.26. The first-order chi connectivity index (χ1) is 10.7. The third-order valence-electron chi connectivity index (χ3n) is 2.86. The number of hydrogen-bond acceptors (Lipinski definition) is 3. The van der Waals surface area contributed by atoms with Crippen LogP contribution in [0.3, 0.4) is 0 Å². The molecule has 0 heterocycles. The van der Waals surface area contributed by atoms with Gasteiger partial charge in [-0.3, -0.25) is 4.79 Å². The number of hydrogen-bond donors (Lipinski definition) is 1. The molecule has 1 N–H and O–H groups in total. The van der Waals surface area contributed by atoms with Gasteiger partial charge in [-0.1, -0.05) is 23.7 Å². The number of carbonyl (C=O) groups excluding carboxylic acids is 1. The maximum Gasteiger partial charge on any atom is 0.239 e. The summed E-state index contributed by atoms with van der Waals surface area (Å²) in [6.45, 7) is 0. The van der Waals surface area contributed by atoms with E-state index >= 15 is 0 Å². The van der Waals surface area contributed by atoms with Gasteiger partial charge in [0.1, 0.15) is 17.4 Å². The van der Waals surface area contributed by atoms with Crippen molar-refractivity contribution in [3.63, 3.8) is 0 Å². The fourth-order valence-electron chi connectivity index (χ4n) is 1.86. The predicted molar refractivity (Wildman–Crippen MR) is 83.9 cm³/mol. The van der Waals surface area contributed by atoms with Gasteiger partial charge in [0.15, 0.2) is 9.84 Å². The molecule has 2 aromatic rings. The molecule has 0 atom stereocenters. The van der Waals surface area contributed by atoms with Gasteiger partial charge in [-0.15, -0.1) is 0 Å². The van der Waals surface area contributed by atoms with E-state index in [0.717, 1.165) is 12.1 Å². The Kier molecular flexibility index (Phi) is 5.33. The van der Waals surface area contributed by atoms with Crippen molar-refractivity contribution in [3.8, 4) is 0 Å². The number of amides is 1. The van der Waals surface area contributed by atoms with Crippen LogP contribution in [0.2, 0.25) is 5.02 Å². The fraction of sp³-hybridized carbons (Fsp3) is 0.133. The van der Waals surface area contributed by atoms with Gasteiger partial charge in [-0.25, -0.2) is 17.2 Å². The van der Waals surface area contributed by atoms with Crippen LogP contribution in [0.15, 0.2) is 42.5 Å². The summed E-state index contributed by atoms with van der Waals surface area (Å²) < 4.78 is 50.1. The number of halogens is 3. The van der Waals surface area contributed by atoms with Gasteiger partial charge in [0.2, 0.25) is 5.91 Å². The molecule has 0 unspecified atom stereocenters. The summed E-state index contributed by atoms with van der Waals surface area (Å²) in [6, 6.07) is 8.74. The van der Waals surface area contributed by atoms with Crippen molar-refractivity contribution < 1.29 is 22.0 Å². The monoisotopic (exact) mass is 359 g/mol. The second-order valence-electron chi connectivity index (χ2n) is 4.83. The van der Waals surface area contributed by atoms with Crippen LogP contribution < -0.4 is 5.32 Å². The third kappa shape index (κ3) is 5.30. The Morgan fingerprint density at radius 2 is 1.74 bits per heavy atom. The SMILES string of the molecule is O=C(CS(=O)(=O)Cc1ccc(Cl)cc1)Nc1ccc(F)cc1F. The van der Waals surface area contributed by atoms with Crippen LogP contribution in [0.5, 0.6) is 0 Å². The van der Waals surface area contributed by atoms with E-state index in [-0.39, 0.29) is 11.4 Å². The van der Waals surface area contributed by atoms with Gasteiger partial charge in [0.05, 0.1) is 11.4 Å². The molecule has 8 heteroatoms. The van der Waals surface area contributed by atoms with Crippen molar-refractivity contribution in [1.82, 2.24) is 0 Å². The molecule has 0 bridgehead atoms. The van der Waals surface area contributed by atoms with E-state index in [1.54, 1.807) is 12.1 Å². The Bertz CT molecular complexity index is 823. The number of sulfone groups is 1. The first-order valence-corrected chi connectivity index (χ1v) is 8.65. The Labute approximate surface area is 137 Å². The molecule has 2 rings (SSSR count). The molecule has 23 heavy (non-hydrogen) atoms. The highest BCUT2D eigenvalue weighted by Gasteiger charge is 2.18. The minimum atomic E-state index is -3.74. The van der Waals surface area contributed by atoms with E-state index in [4.69, 9.17) is 11.6 Å². The number of anilines is 1. The molecule has 0 aliphatic rings. The topological polar surface area (TPSA) is 63.2 Å². The Morgan fingerprint density at radius 1 is 1.09 bits per heavy atom. The summed E-state index contributed by atoms with van der Waals surface area (Å²) >= 11 is 5.71. The zero-order valence-corrected chi connectivity index (χ0v) is 13.3. The van der Waals surface area contributed by atoms with Gasteiger partial charge in [0.25, 0.3) is 0 Å². The largest absolute Gasteiger partial charge is 0.323 e. The molecule has 0 spiro atoms. The Balaban J connectivity index is 2.02. The van der Waals surface area contributed by atoms with Gasteiger partial charge >= 0.3 is 0 Å². The lowest BCUT2D eigenvalue weighted by molar-refractivity contribution is -0.113. The lowest BCUT2D eigenvalue weighted by Gasteiger charge is -2.07. The van der Waals surface area contributed by atoms with Crippen molar-refractivity contribution in [2.75, 3.05) is 11.1 Å². The standard InChI is InChI=1S/C15H12ClF2NO3S/c16-11-3-1-10(2-4-11)8-23(21,22)9-15(20)19-14-6-5-12(17)7-13(14)18/h1-7H,8-9H2,(H,19,20). The summed E-state index contributed by atoms with van der Waals surface area (Å²) in [4.78, 5) is 11.7. The lowest BCUT2D eigenvalue weighted by atomic mass is 10.2. The number of carbonyl (C=O) groups is 1. The molecule has 0 aromatic heterocycles. The first-order valence-electron chi connectivity index (χ1n) is 6.45. The first kappa shape index (κ1) is 17.4. The highest BCUT2D eigenvalue weighted by Crippen LogP contribution is 2.16. The van der Waals surface area contributed by atoms with Crippen molar-refractivity contribution in [1.29, 1.82) is 0 Å². The van der Waals surface area contributed by atoms with E-state index in [9.17, 15) is 22.0 Å². The van der Waals surface area contributed by atoms with Crippen LogP contribution in [0, 0.1) is 11.6 Å². The predicted octanol–water partition coefficient (Wildman–Crippen LogP) is 3.17. The Hall–Kier alpha value is -1.99. The molecule has 0 aliphatic heterocycles. The van der Waals surface area contributed by atoms with Crippen LogP contribution >= 0.6 is 11.6 Å². The molecule has 122 valence electrons. The normalized spacial score (nSPS) is 11.3. The molecule has 0 radical (unpaired) electrons. The van der Waals surface area contributed by atoms with Gasteiger partial charge < -0.3 is 5.32 Å². The summed E-state index contributed by atoms with van der Waals surface area (Å²) in [6.07, 6.45) is 0. The summed E-state index contributed by atoms with van der Waals surface area (Å²) in [5, 5.41) is 2.58. The summed E-state index contributed by atoms with van der Waals surface area (Å²) in [7, 11) is -3.74. The van der Waals surface area contributed by atoms with E-state index in [0.29, 0.717) is 16.7 Å². The summed E-state index contributed by atoms with van der Waals surface area (Å²) in [5.41, 5.74) is 0.202. The van der Waals surface area contributed by atoms with E-state index in [2.05, 4.69) is 5.32 Å². The molecule has 0 saturated carbocycles. The molecular formula is C15H12ClF2NO3S. The molecule has 2 aromatic carbocycles. The molecule has 0 aliphatic carbocycles. The Morgan fingerprint density at radius 3 is 2.35 bits per heavy atom. The second-order valence-corrected chi connectivity index (χ2v) is 7.33. The number of benzene rings is 2. The number of nitrogens with one attached hydrogen (secondary N) is 1. The number of rotatable bonds is 5. The lowest BCUT2D eigenvalue weighted by Crippen LogP contribution is -2.24. The van der Waals surface area contributed by atoms with Crippen LogP contribution in [0.4, 0.5) is 14.5 Å². The average molecular weight is 360 g/mol. The van der Waals surface area contributed by atoms with Gasteiger partial charge in [-0.2, -0.15) is 0 Å². The zero-order valence-electron chi connectivity index (χ0n) is 11.7.